The SMILES string of the molecule is CCCCc1noc(CN2CCC(C(=O)O)C2)n1. The minimum atomic E-state index is -0.716. The van der Waals surface area contributed by atoms with Crippen LogP contribution in [0.25, 0.3) is 0 Å². The predicted molar refractivity (Wildman–Crippen MR) is 63.9 cm³/mol. The van der Waals surface area contributed by atoms with Crippen molar-refractivity contribution in [2.75, 3.05) is 13.1 Å². The summed E-state index contributed by atoms with van der Waals surface area (Å²) in [6.45, 7) is 4.03. The maximum Gasteiger partial charge on any atom is 0.307 e. The molecule has 0 aromatic carbocycles. The first-order valence-corrected chi connectivity index (χ1v) is 6.45. The van der Waals surface area contributed by atoms with Crippen molar-refractivity contribution in [3.63, 3.8) is 0 Å². The number of aryl methyl sites for hydroxylation is 1. The van der Waals surface area contributed by atoms with Gasteiger partial charge in [0.1, 0.15) is 0 Å². The van der Waals surface area contributed by atoms with Gasteiger partial charge in [0.05, 0.1) is 12.5 Å². The predicted octanol–water partition coefficient (Wildman–Crippen LogP) is 1.32. The van der Waals surface area contributed by atoms with E-state index in [1.54, 1.807) is 0 Å². The van der Waals surface area contributed by atoms with Crippen LogP contribution in [-0.2, 0) is 17.8 Å². The van der Waals surface area contributed by atoms with E-state index in [-0.39, 0.29) is 5.92 Å². The fourth-order valence-electron chi connectivity index (χ4n) is 2.16. The molecule has 1 aromatic rings. The molecule has 1 N–H and O–H groups in total. The van der Waals surface area contributed by atoms with Gasteiger partial charge < -0.3 is 9.63 Å². The van der Waals surface area contributed by atoms with Crippen LogP contribution in [0.5, 0.6) is 0 Å². The molecule has 0 spiro atoms. The van der Waals surface area contributed by atoms with E-state index in [9.17, 15) is 4.79 Å². The lowest BCUT2D eigenvalue weighted by atomic mass is 10.1. The van der Waals surface area contributed by atoms with Crippen molar-refractivity contribution >= 4 is 5.97 Å². The van der Waals surface area contributed by atoms with Crippen molar-refractivity contribution in [3.05, 3.63) is 11.7 Å². The summed E-state index contributed by atoms with van der Waals surface area (Å²) in [5, 5.41) is 12.8. The molecule has 2 heterocycles. The van der Waals surface area contributed by atoms with Crippen molar-refractivity contribution in [1.82, 2.24) is 15.0 Å². The Morgan fingerprint density at radius 2 is 2.44 bits per heavy atom. The van der Waals surface area contributed by atoms with Crippen LogP contribution in [-0.4, -0.2) is 39.2 Å². The van der Waals surface area contributed by atoms with Gasteiger partial charge in [-0.25, -0.2) is 0 Å². The van der Waals surface area contributed by atoms with E-state index in [0.717, 1.165) is 31.6 Å². The van der Waals surface area contributed by atoms with E-state index >= 15 is 0 Å². The number of hydrogen-bond donors (Lipinski definition) is 1. The summed E-state index contributed by atoms with van der Waals surface area (Å²) in [5.74, 6) is 0.368. The summed E-state index contributed by atoms with van der Waals surface area (Å²) in [6, 6.07) is 0. The largest absolute Gasteiger partial charge is 0.481 e. The molecule has 0 bridgehead atoms. The molecular weight excluding hydrogens is 234 g/mol. The quantitative estimate of drug-likeness (QED) is 0.823. The summed E-state index contributed by atoms with van der Waals surface area (Å²) in [7, 11) is 0. The topological polar surface area (TPSA) is 79.5 Å². The second kappa shape index (κ2) is 5.95. The molecule has 1 aromatic heterocycles. The Morgan fingerprint density at radius 1 is 1.61 bits per heavy atom. The number of hydrogen-bond acceptors (Lipinski definition) is 5. The number of likely N-dealkylation sites (tertiary alicyclic amines) is 1. The van der Waals surface area contributed by atoms with Gasteiger partial charge in [0.25, 0.3) is 0 Å². The van der Waals surface area contributed by atoms with E-state index < -0.39 is 5.97 Å². The minimum Gasteiger partial charge on any atom is -0.481 e. The van der Waals surface area contributed by atoms with Crippen LogP contribution in [0.15, 0.2) is 4.52 Å². The molecule has 0 radical (unpaired) electrons. The molecule has 100 valence electrons. The van der Waals surface area contributed by atoms with Crippen LogP contribution >= 0.6 is 0 Å². The Labute approximate surface area is 106 Å². The third-order valence-corrected chi connectivity index (χ3v) is 3.24. The molecular formula is C12H19N3O3. The van der Waals surface area contributed by atoms with Crippen molar-refractivity contribution in [2.24, 2.45) is 5.92 Å². The van der Waals surface area contributed by atoms with E-state index in [2.05, 4.69) is 22.0 Å². The average Bonchev–Trinajstić information content (AvgIpc) is 2.96. The van der Waals surface area contributed by atoms with Crippen LogP contribution in [0.4, 0.5) is 0 Å². The van der Waals surface area contributed by atoms with Crippen LogP contribution in [0.1, 0.15) is 37.9 Å². The first-order chi connectivity index (χ1) is 8.69. The maximum atomic E-state index is 10.8. The highest BCUT2D eigenvalue weighted by atomic mass is 16.5. The summed E-state index contributed by atoms with van der Waals surface area (Å²) >= 11 is 0. The number of carboxylic acid groups (broad SMARTS) is 1. The normalized spacial score (nSPS) is 20.4. The summed E-state index contributed by atoms with van der Waals surface area (Å²) in [6.07, 6.45) is 3.71. The summed E-state index contributed by atoms with van der Waals surface area (Å²) < 4.78 is 5.17. The molecule has 1 aliphatic rings. The maximum absolute atomic E-state index is 10.8. The lowest BCUT2D eigenvalue weighted by molar-refractivity contribution is -0.141. The van der Waals surface area contributed by atoms with E-state index in [4.69, 9.17) is 9.63 Å². The van der Waals surface area contributed by atoms with Gasteiger partial charge in [-0.3, -0.25) is 9.69 Å². The smallest absolute Gasteiger partial charge is 0.307 e. The Hall–Kier alpha value is -1.43. The molecule has 6 heteroatoms. The van der Waals surface area contributed by atoms with Gasteiger partial charge in [-0.2, -0.15) is 4.98 Å². The van der Waals surface area contributed by atoms with Crippen LogP contribution in [0.2, 0.25) is 0 Å². The fourth-order valence-corrected chi connectivity index (χ4v) is 2.16. The summed E-state index contributed by atoms with van der Waals surface area (Å²) in [4.78, 5) is 17.2. The zero-order valence-corrected chi connectivity index (χ0v) is 10.6. The lowest BCUT2D eigenvalue weighted by Crippen LogP contribution is -2.22. The lowest BCUT2D eigenvalue weighted by Gasteiger charge is -2.11. The first kappa shape index (κ1) is 13.0. The summed E-state index contributed by atoms with van der Waals surface area (Å²) in [5.41, 5.74) is 0. The zero-order chi connectivity index (χ0) is 13.0. The molecule has 1 unspecified atom stereocenters. The third kappa shape index (κ3) is 3.29. The molecule has 0 aliphatic carbocycles. The molecule has 1 fully saturated rings. The Balaban J connectivity index is 1.83. The van der Waals surface area contributed by atoms with Gasteiger partial charge in [-0.15, -0.1) is 0 Å². The van der Waals surface area contributed by atoms with E-state index in [1.165, 1.54) is 0 Å². The van der Waals surface area contributed by atoms with Crippen LogP contribution in [0, 0.1) is 5.92 Å². The Bertz CT molecular complexity index is 405. The van der Waals surface area contributed by atoms with E-state index in [1.807, 2.05) is 0 Å². The number of aromatic nitrogens is 2. The van der Waals surface area contributed by atoms with E-state index in [0.29, 0.717) is 25.4 Å². The molecule has 2 rings (SSSR count). The number of nitrogens with zero attached hydrogens (tertiary/aromatic N) is 3. The highest BCUT2D eigenvalue weighted by Crippen LogP contribution is 2.18. The van der Waals surface area contributed by atoms with Crippen molar-refractivity contribution in [2.45, 2.75) is 39.2 Å². The fraction of sp³-hybridized carbons (Fsp3) is 0.750. The van der Waals surface area contributed by atoms with Crippen molar-refractivity contribution in [1.29, 1.82) is 0 Å². The minimum absolute atomic E-state index is 0.257. The first-order valence-electron chi connectivity index (χ1n) is 6.45. The van der Waals surface area contributed by atoms with Gasteiger partial charge in [-0.1, -0.05) is 18.5 Å². The molecule has 0 saturated carbocycles. The second-order valence-corrected chi connectivity index (χ2v) is 4.77. The second-order valence-electron chi connectivity index (χ2n) is 4.77. The molecule has 6 nitrogen and oxygen atoms in total. The van der Waals surface area contributed by atoms with Crippen LogP contribution < -0.4 is 0 Å². The number of aliphatic carboxylic acids is 1. The van der Waals surface area contributed by atoms with Gasteiger partial charge in [-0.05, 0) is 19.4 Å². The van der Waals surface area contributed by atoms with Crippen LogP contribution in [0.3, 0.4) is 0 Å². The number of unbranched alkanes of at least 4 members (excludes halogenated alkanes) is 1. The Morgan fingerprint density at radius 3 is 3.11 bits per heavy atom. The zero-order valence-electron chi connectivity index (χ0n) is 10.6. The monoisotopic (exact) mass is 253 g/mol. The standard InChI is InChI=1S/C12H19N3O3/c1-2-3-4-10-13-11(18-14-10)8-15-6-5-9(7-15)12(16)17/h9H,2-8H2,1H3,(H,16,17). The molecule has 1 saturated heterocycles. The van der Waals surface area contributed by atoms with Crippen molar-refractivity contribution < 1.29 is 14.4 Å². The van der Waals surface area contributed by atoms with Gasteiger partial charge in [0.2, 0.25) is 5.89 Å². The molecule has 1 aliphatic heterocycles. The number of rotatable bonds is 6. The third-order valence-electron chi connectivity index (χ3n) is 3.24. The Kier molecular flexibility index (Phi) is 4.30. The van der Waals surface area contributed by atoms with Gasteiger partial charge >= 0.3 is 5.97 Å². The van der Waals surface area contributed by atoms with Gasteiger partial charge in [0.15, 0.2) is 5.82 Å². The molecule has 0 amide bonds. The highest BCUT2D eigenvalue weighted by Gasteiger charge is 2.28. The number of carbonyl (C=O) groups is 1. The highest BCUT2D eigenvalue weighted by molar-refractivity contribution is 5.70. The van der Waals surface area contributed by atoms with Gasteiger partial charge in [0, 0.05) is 13.0 Å². The number of carboxylic acids is 1. The van der Waals surface area contributed by atoms with Crippen molar-refractivity contribution in [3.8, 4) is 0 Å². The molecule has 18 heavy (non-hydrogen) atoms. The molecule has 1 atom stereocenters. The average molecular weight is 253 g/mol.